The third kappa shape index (κ3) is 3.74. The van der Waals surface area contributed by atoms with Gasteiger partial charge in [-0.25, -0.2) is 0 Å². The number of aryl methyl sites for hydroxylation is 1. The Labute approximate surface area is 149 Å². The van der Waals surface area contributed by atoms with E-state index >= 15 is 0 Å². The molecule has 1 N–H and O–H groups in total. The van der Waals surface area contributed by atoms with Gasteiger partial charge < -0.3 is 5.11 Å². The standard InChI is InChI=1S/C21H26N2O2/c1-14(2)16-7-9-17(10-8-16)20(18-11-6-15(3)13-22-18)23-12-4-5-19(23)21(24)25/h6-11,13-14,19-20H,4-5,12H2,1-3H3,(H,24,25). The topological polar surface area (TPSA) is 53.4 Å². The van der Waals surface area contributed by atoms with Gasteiger partial charge in [0.05, 0.1) is 11.7 Å². The fourth-order valence-electron chi connectivity index (χ4n) is 3.60. The van der Waals surface area contributed by atoms with Crippen LogP contribution in [-0.2, 0) is 4.79 Å². The fourth-order valence-corrected chi connectivity index (χ4v) is 3.60. The monoisotopic (exact) mass is 338 g/mol. The summed E-state index contributed by atoms with van der Waals surface area (Å²) in [5, 5.41) is 9.63. The maximum atomic E-state index is 11.7. The molecule has 4 heteroatoms. The quantitative estimate of drug-likeness (QED) is 0.890. The van der Waals surface area contributed by atoms with Gasteiger partial charge in [0.25, 0.3) is 0 Å². The van der Waals surface area contributed by atoms with Crippen molar-refractivity contribution in [2.45, 2.75) is 51.6 Å². The fraction of sp³-hybridized carbons (Fsp3) is 0.429. The van der Waals surface area contributed by atoms with Crippen molar-refractivity contribution in [1.82, 2.24) is 9.88 Å². The zero-order valence-electron chi connectivity index (χ0n) is 15.1. The molecule has 3 rings (SSSR count). The van der Waals surface area contributed by atoms with Crippen molar-refractivity contribution in [1.29, 1.82) is 0 Å². The minimum Gasteiger partial charge on any atom is -0.480 e. The maximum Gasteiger partial charge on any atom is 0.320 e. The average Bonchev–Trinajstić information content (AvgIpc) is 3.07. The summed E-state index contributed by atoms with van der Waals surface area (Å²) in [7, 11) is 0. The lowest BCUT2D eigenvalue weighted by atomic mass is 9.96. The van der Waals surface area contributed by atoms with Gasteiger partial charge in [-0.3, -0.25) is 14.7 Å². The van der Waals surface area contributed by atoms with Crippen LogP contribution in [0.3, 0.4) is 0 Å². The van der Waals surface area contributed by atoms with Crippen molar-refractivity contribution in [2.24, 2.45) is 0 Å². The third-order valence-electron chi connectivity index (χ3n) is 5.04. The average molecular weight is 338 g/mol. The van der Waals surface area contributed by atoms with Crippen LogP contribution < -0.4 is 0 Å². The van der Waals surface area contributed by atoms with Gasteiger partial charge in [-0.15, -0.1) is 0 Å². The number of hydrogen-bond acceptors (Lipinski definition) is 3. The maximum absolute atomic E-state index is 11.7. The van der Waals surface area contributed by atoms with Crippen molar-refractivity contribution in [3.63, 3.8) is 0 Å². The number of aliphatic carboxylic acids is 1. The number of nitrogens with zero attached hydrogens (tertiary/aromatic N) is 2. The van der Waals surface area contributed by atoms with Crippen molar-refractivity contribution < 1.29 is 9.90 Å². The van der Waals surface area contributed by atoms with Gasteiger partial charge in [0.1, 0.15) is 6.04 Å². The second kappa shape index (κ2) is 7.36. The Morgan fingerprint density at radius 2 is 1.84 bits per heavy atom. The van der Waals surface area contributed by atoms with E-state index in [4.69, 9.17) is 0 Å². The van der Waals surface area contributed by atoms with E-state index in [1.807, 2.05) is 25.3 Å². The van der Waals surface area contributed by atoms with E-state index in [1.54, 1.807) is 0 Å². The first-order chi connectivity index (χ1) is 12.0. The van der Waals surface area contributed by atoms with Crippen molar-refractivity contribution in [2.75, 3.05) is 6.54 Å². The summed E-state index contributed by atoms with van der Waals surface area (Å²) in [5.41, 5.74) is 4.41. The number of carboxylic acids is 1. The van der Waals surface area contributed by atoms with Gasteiger partial charge in [-0.05, 0) is 48.4 Å². The Balaban J connectivity index is 2.02. The molecule has 2 unspecified atom stereocenters. The molecule has 0 aliphatic carbocycles. The van der Waals surface area contributed by atoms with Crippen molar-refractivity contribution >= 4 is 5.97 Å². The van der Waals surface area contributed by atoms with E-state index in [-0.39, 0.29) is 6.04 Å². The first-order valence-corrected chi connectivity index (χ1v) is 8.98. The van der Waals surface area contributed by atoms with E-state index in [9.17, 15) is 9.90 Å². The Hall–Kier alpha value is -2.20. The molecule has 1 aliphatic heterocycles. The molecule has 0 radical (unpaired) electrons. The van der Waals surface area contributed by atoms with Crippen LogP contribution in [0.1, 0.15) is 61.0 Å². The SMILES string of the molecule is Cc1ccc(C(c2ccc(C(C)C)cc2)N2CCCC2C(=O)O)nc1. The summed E-state index contributed by atoms with van der Waals surface area (Å²) in [6.45, 7) is 7.14. The van der Waals surface area contributed by atoms with Crippen LogP contribution in [0.15, 0.2) is 42.6 Å². The molecule has 4 nitrogen and oxygen atoms in total. The molecule has 1 saturated heterocycles. The molecule has 2 heterocycles. The lowest BCUT2D eigenvalue weighted by molar-refractivity contribution is -0.142. The van der Waals surface area contributed by atoms with E-state index in [0.717, 1.165) is 29.8 Å². The van der Waals surface area contributed by atoms with Crippen molar-refractivity contribution in [3.8, 4) is 0 Å². The summed E-state index contributed by atoms with van der Waals surface area (Å²) >= 11 is 0. The lowest BCUT2D eigenvalue weighted by Crippen LogP contribution is -2.39. The van der Waals surface area contributed by atoms with Crippen LogP contribution >= 0.6 is 0 Å². The highest BCUT2D eigenvalue weighted by Gasteiger charge is 2.37. The van der Waals surface area contributed by atoms with Crippen molar-refractivity contribution in [3.05, 3.63) is 65.0 Å². The third-order valence-corrected chi connectivity index (χ3v) is 5.04. The summed E-state index contributed by atoms with van der Waals surface area (Å²) in [6.07, 6.45) is 3.46. The zero-order chi connectivity index (χ0) is 18.0. The van der Waals surface area contributed by atoms with E-state index in [1.165, 1.54) is 5.56 Å². The van der Waals surface area contributed by atoms with E-state index in [2.05, 4.69) is 48.0 Å². The molecule has 0 bridgehead atoms. The Morgan fingerprint density at radius 3 is 2.40 bits per heavy atom. The number of aromatic nitrogens is 1. The molecule has 2 aromatic rings. The second-order valence-corrected chi connectivity index (χ2v) is 7.22. The molecule has 0 amide bonds. The first-order valence-electron chi connectivity index (χ1n) is 8.98. The van der Waals surface area contributed by atoms with Gasteiger partial charge in [0, 0.05) is 12.7 Å². The van der Waals surface area contributed by atoms with Gasteiger partial charge in [0.15, 0.2) is 0 Å². The number of benzene rings is 1. The molecule has 1 fully saturated rings. The summed E-state index contributed by atoms with van der Waals surface area (Å²) in [6, 6.07) is 12.0. The molecular formula is C21H26N2O2. The van der Waals surface area contributed by atoms with Crippen LogP contribution in [0.2, 0.25) is 0 Å². The minimum absolute atomic E-state index is 0.120. The second-order valence-electron chi connectivity index (χ2n) is 7.22. The van der Waals surface area contributed by atoms with Gasteiger partial charge >= 0.3 is 5.97 Å². The highest BCUT2D eigenvalue weighted by atomic mass is 16.4. The highest BCUT2D eigenvalue weighted by molar-refractivity contribution is 5.74. The van der Waals surface area contributed by atoms with Crippen LogP contribution in [0.5, 0.6) is 0 Å². The number of pyridine rings is 1. The zero-order valence-corrected chi connectivity index (χ0v) is 15.1. The normalized spacial score (nSPS) is 19.3. The minimum atomic E-state index is -0.742. The Bertz CT molecular complexity index is 723. The number of carboxylic acid groups (broad SMARTS) is 1. The molecule has 0 saturated carbocycles. The summed E-state index contributed by atoms with van der Waals surface area (Å²) in [5.74, 6) is -0.267. The molecule has 25 heavy (non-hydrogen) atoms. The molecule has 2 atom stereocenters. The molecular weight excluding hydrogens is 312 g/mol. The first kappa shape index (κ1) is 17.6. The molecule has 1 aliphatic rings. The largest absolute Gasteiger partial charge is 0.480 e. The Morgan fingerprint density at radius 1 is 1.16 bits per heavy atom. The lowest BCUT2D eigenvalue weighted by Gasteiger charge is -2.31. The van der Waals surface area contributed by atoms with Gasteiger partial charge in [0.2, 0.25) is 0 Å². The van der Waals surface area contributed by atoms with E-state index in [0.29, 0.717) is 12.3 Å². The number of rotatable bonds is 5. The molecule has 1 aromatic heterocycles. The van der Waals surface area contributed by atoms with Gasteiger partial charge in [-0.1, -0.05) is 44.2 Å². The van der Waals surface area contributed by atoms with Crippen LogP contribution in [0.4, 0.5) is 0 Å². The summed E-state index contributed by atoms with van der Waals surface area (Å²) < 4.78 is 0. The van der Waals surface area contributed by atoms with Gasteiger partial charge in [-0.2, -0.15) is 0 Å². The van der Waals surface area contributed by atoms with Crippen LogP contribution in [0, 0.1) is 6.92 Å². The number of likely N-dealkylation sites (tertiary alicyclic amines) is 1. The Kier molecular flexibility index (Phi) is 5.19. The van der Waals surface area contributed by atoms with E-state index < -0.39 is 12.0 Å². The molecule has 132 valence electrons. The predicted molar refractivity (Wildman–Crippen MR) is 98.7 cm³/mol. The van der Waals surface area contributed by atoms with Crippen LogP contribution in [0.25, 0.3) is 0 Å². The summed E-state index contributed by atoms with van der Waals surface area (Å²) in [4.78, 5) is 18.4. The molecule has 1 aromatic carbocycles. The highest BCUT2D eigenvalue weighted by Crippen LogP contribution is 2.34. The predicted octanol–water partition coefficient (Wildman–Crippen LogP) is 4.15. The smallest absolute Gasteiger partial charge is 0.320 e. The number of hydrogen-bond donors (Lipinski definition) is 1. The number of carbonyl (C=O) groups is 1. The molecule has 0 spiro atoms. The van der Waals surface area contributed by atoms with Crippen LogP contribution in [-0.4, -0.2) is 33.5 Å².